The van der Waals surface area contributed by atoms with Crippen molar-refractivity contribution in [1.29, 1.82) is 0 Å². The molecule has 2 aromatic rings. The van der Waals surface area contributed by atoms with E-state index in [9.17, 15) is 39.5 Å². The van der Waals surface area contributed by atoms with Crippen molar-refractivity contribution in [3.05, 3.63) is 41.5 Å². The smallest absolute Gasteiger partial charge is 0.481 e. The van der Waals surface area contributed by atoms with Gasteiger partial charge >= 0.3 is 36.4 Å². The van der Waals surface area contributed by atoms with Crippen LogP contribution < -0.4 is 10.1 Å². The van der Waals surface area contributed by atoms with Crippen molar-refractivity contribution < 1.29 is 74.0 Å². The van der Waals surface area contributed by atoms with Gasteiger partial charge in [-0.3, -0.25) is 4.90 Å². The second kappa shape index (κ2) is 17.3. The number of nitrogens with one attached hydrogen (secondary N) is 1. The van der Waals surface area contributed by atoms with Crippen LogP contribution in [-0.4, -0.2) is 97.8 Å². The number of fused-ring (bicyclic) bond motifs is 1. The number of carboxylic acids is 3. The zero-order chi connectivity index (χ0) is 35.3. The molecule has 2 aromatic heterocycles. The summed E-state index contributed by atoms with van der Waals surface area (Å²) < 4.78 is 101. The maximum absolute atomic E-state index is 10.6. The van der Waals surface area contributed by atoms with Gasteiger partial charge in [-0.1, -0.05) is 6.07 Å². The molecule has 1 aliphatic heterocycles. The maximum Gasteiger partial charge on any atom is 0.490 e. The second-order valence-electron chi connectivity index (χ2n) is 9.28. The molecule has 1 fully saturated rings. The molecule has 21 heteroatoms. The van der Waals surface area contributed by atoms with Gasteiger partial charge in [0.15, 0.2) is 0 Å². The average Bonchev–Trinajstić information content (AvgIpc) is 3.13. The van der Waals surface area contributed by atoms with Gasteiger partial charge in [-0.05, 0) is 31.7 Å². The van der Waals surface area contributed by atoms with E-state index in [4.69, 9.17) is 34.4 Å². The summed E-state index contributed by atoms with van der Waals surface area (Å²) in [5.74, 6) is -6.50. The first-order valence-corrected chi connectivity index (χ1v) is 12.9. The van der Waals surface area contributed by atoms with Crippen molar-refractivity contribution in [1.82, 2.24) is 19.9 Å². The minimum Gasteiger partial charge on any atom is -0.481 e. The number of pyridine rings is 1. The van der Waals surface area contributed by atoms with E-state index in [1.54, 1.807) is 19.6 Å². The third-order valence-corrected chi connectivity index (χ3v) is 5.99. The van der Waals surface area contributed by atoms with Crippen molar-refractivity contribution in [2.75, 3.05) is 25.5 Å². The quantitative estimate of drug-likeness (QED) is 0.329. The number of nitrogens with zero attached hydrogens (tertiary/aromatic N) is 4. The lowest BCUT2D eigenvalue weighted by Crippen LogP contribution is -2.28. The number of carboxylic acid groups (broad SMARTS) is 3. The summed E-state index contributed by atoms with van der Waals surface area (Å²) in [7, 11) is 1.68. The van der Waals surface area contributed by atoms with Crippen LogP contribution in [-0.2, 0) is 33.8 Å². The molecule has 12 nitrogen and oxygen atoms in total. The molecule has 0 bridgehead atoms. The predicted molar refractivity (Wildman–Crippen MR) is 138 cm³/mol. The van der Waals surface area contributed by atoms with Gasteiger partial charge < -0.3 is 25.4 Å². The van der Waals surface area contributed by atoms with E-state index < -0.39 is 36.4 Å². The number of halogens is 9. The number of methoxy groups -OCH3 is 1. The molecule has 0 atom stereocenters. The summed E-state index contributed by atoms with van der Waals surface area (Å²) in [5, 5.41) is 25.0. The lowest BCUT2D eigenvalue weighted by atomic mass is 9.93. The van der Waals surface area contributed by atoms with Crippen molar-refractivity contribution in [3.8, 4) is 5.88 Å². The van der Waals surface area contributed by atoms with Gasteiger partial charge in [0, 0.05) is 49.4 Å². The van der Waals surface area contributed by atoms with Crippen LogP contribution in [0.5, 0.6) is 5.88 Å². The standard InChI is InChI=1S/C19H25N5O.3C2HF3O2/c1-25-19-14(4-3-9-20-19)12-24-10-7-16-17(8-11-24)21-13-22-18(16)23-15-5-2-6-15;3*3-2(4,5)1(6)7/h3-4,9,13,15H,2,5-8,10-12H2,1H3,(H,21,22,23);3*(H,6,7). The second-order valence-corrected chi connectivity index (χ2v) is 9.28. The number of aromatic nitrogens is 3. The third kappa shape index (κ3) is 14.1. The van der Waals surface area contributed by atoms with Gasteiger partial charge in [0.25, 0.3) is 0 Å². The molecular formula is C25H28F9N5O7. The van der Waals surface area contributed by atoms with E-state index in [1.807, 2.05) is 6.07 Å². The fourth-order valence-corrected chi connectivity index (χ4v) is 3.57. The van der Waals surface area contributed by atoms with Crippen LogP contribution in [0.4, 0.5) is 45.3 Å². The number of carbonyl (C=O) groups is 3. The van der Waals surface area contributed by atoms with E-state index in [2.05, 4.69) is 31.2 Å². The van der Waals surface area contributed by atoms with Crippen molar-refractivity contribution >= 4 is 23.7 Å². The van der Waals surface area contributed by atoms with Gasteiger partial charge in [0.1, 0.15) is 12.1 Å². The van der Waals surface area contributed by atoms with E-state index >= 15 is 0 Å². The number of hydrogen-bond donors (Lipinski definition) is 4. The first kappa shape index (κ1) is 39.6. The Kier molecular flexibility index (Phi) is 14.9. The Morgan fingerprint density at radius 3 is 1.80 bits per heavy atom. The SMILES string of the molecule is COc1ncccc1CN1CCc2ncnc(NC3CCC3)c2CC1.O=C(O)C(F)(F)F.O=C(O)C(F)(F)F.O=C(O)C(F)(F)F. The van der Waals surface area contributed by atoms with Crippen molar-refractivity contribution in [2.24, 2.45) is 0 Å². The van der Waals surface area contributed by atoms with E-state index in [0.29, 0.717) is 6.04 Å². The van der Waals surface area contributed by atoms with Gasteiger partial charge in [-0.15, -0.1) is 0 Å². The number of ether oxygens (including phenoxy) is 1. The van der Waals surface area contributed by atoms with E-state index in [-0.39, 0.29) is 0 Å². The highest BCUT2D eigenvalue weighted by Gasteiger charge is 2.39. The molecule has 4 rings (SSSR count). The first-order valence-electron chi connectivity index (χ1n) is 12.9. The Morgan fingerprint density at radius 1 is 0.870 bits per heavy atom. The molecule has 0 radical (unpaired) electrons. The van der Waals surface area contributed by atoms with Crippen molar-refractivity contribution in [3.63, 3.8) is 0 Å². The number of hydrogen-bond acceptors (Lipinski definition) is 9. The Labute approximate surface area is 254 Å². The lowest BCUT2D eigenvalue weighted by Gasteiger charge is -2.28. The number of alkyl halides is 9. The van der Waals surface area contributed by atoms with Crippen molar-refractivity contribution in [2.45, 2.75) is 63.2 Å². The summed E-state index contributed by atoms with van der Waals surface area (Å²) in [6.45, 7) is 2.84. The monoisotopic (exact) mass is 681 g/mol. The Morgan fingerprint density at radius 2 is 1.37 bits per heavy atom. The summed E-state index contributed by atoms with van der Waals surface area (Å²) >= 11 is 0. The topological polar surface area (TPSA) is 175 Å². The van der Waals surface area contributed by atoms with Crippen LogP contribution in [0.1, 0.15) is 36.1 Å². The lowest BCUT2D eigenvalue weighted by molar-refractivity contribution is -0.193. The molecule has 258 valence electrons. The molecule has 2 aliphatic rings. The molecular weight excluding hydrogens is 653 g/mol. The molecule has 0 unspecified atom stereocenters. The predicted octanol–water partition coefficient (Wildman–Crippen LogP) is 4.35. The summed E-state index contributed by atoms with van der Waals surface area (Å²) in [5.41, 5.74) is 3.63. The molecule has 3 heterocycles. The summed E-state index contributed by atoms with van der Waals surface area (Å²) in [6, 6.07) is 4.65. The molecule has 0 spiro atoms. The minimum absolute atomic E-state index is 0.595. The van der Waals surface area contributed by atoms with Gasteiger partial charge in [0.2, 0.25) is 5.88 Å². The number of rotatable bonds is 5. The Balaban J connectivity index is 0.000000413. The zero-order valence-electron chi connectivity index (χ0n) is 23.7. The average molecular weight is 682 g/mol. The van der Waals surface area contributed by atoms with Crippen LogP contribution in [0.2, 0.25) is 0 Å². The van der Waals surface area contributed by atoms with Crippen LogP contribution in [0.3, 0.4) is 0 Å². The first-order chi connectivity index (χ1) is 21.2. The molecule has 0 aromatic carbocycles. The molecule has 1 aliphatic carbocycles. The maximum atomic E-state index is 10.6. The Bertz CT molecular complexity index is 1250. The van der Waals surface area contributed by atoms with Gasteiger partial charge in [-0.25, -0.2) is 29.3 Å². The van der Waals surface area contributed by atoms with Gasteiger partial charge in [-0.2, -0.15) is 39.5 Å². The highest BCUT2D eigenvalue weighted by Crippen LogP contribution is 2.27. The molecule has 0 saturated heterocycles. The normalized spacial score (nSPS) is 15.0. The van der Waals surface area contributed by atoms with E-state index in [0.717, 1.165) is 49.7 Å². The highest BCUT2D eigenvalue weighted by atomic mass is 19.4. The highest BCUT2D eigenvalue weighted by molar-refractivity contribution is 5.73. The number of aliphatic carboxylic acids is 3. The van der Waals surface area contributed by atoms with Crippen LogP contribution in [0.25, 0.3) is 0 Å². The van der Waals surface area contributed by atoms with E-state index in [1.165, 1.54) is 30.5 Å². The zero-order valence-corrected chi connectivity index (χ0v) is 23.7. The summed E-state index contributed by atoms with van der Waals surface area (Å²) in [6.07, 6.45) is -6.00. The fourth-order valence-electron chi connectivity index (χ4n) is 3.57. The van der Waals surface area contributed by atoms with Crippen LogP contribution in [0, 0.1) is 0 Å². The van der Waals surface area contributed by atoms with Gasteiger partial charge in [0.05, 0.1) is 12.8 Å². The molecule has 4 N–H and O–H groups in total. The minimum atomic E-state index is -5.08. The Hall–Kier alpha value is -4.43. The number of anilines is 1. The van der Waals surface area contributed by atoms with Crippen LogP contribution >= 0.6 is 0 Å². The molecule has 1 saturated carbocycles. The molecule has 0 amide bonds. The third-order valence-electron chi connectivity index (χ3n) is 5.99. The summed E-state index contributed by atoms with van der Waals surface area (Å²) in [4.78, 5) is 42.5. The van der Waals surface area contributed by atoms with Crippen LogP contribution in [0.15, 0.2) is 24.7 Å². The largest absolute Gasteiger partial charge is 0.490 e. The fraction of sp³-hybridized carbons (Fsp3) is 0.520. The molecule has 46 heavy (non-hydrogen) atoms.